The lowest BCUT2D eigenvalue weighted by Crippen LogP contribution is -2.35. The molecule has 4 aromatic rings. The predicted molar refractivity (Wildman–Crippen MR) is 119 cm³/mol. The van der Waals surface area contributed by atoms with Crippen LogP contribution in [0.25, 0.3) is 21.7 Å². The molecule has 4 rings (SSSR count). The minimum absolute atomic E-state index is 0.327. The first-order chi connectivity index (χ1) is 14.9. The van der Waals surface area contributed by atoms with Gasteiger partial charge in [-0.1, -0.05) is 48.2 Å². The lowest BCUT2D eigenvalue weighted by Gasteiger charge is -2.13. The Morgan fingerprint density at radius 1 is 1.03 bits per heavy atom. The number of aromatic nitrogens is 1. The van der Waals surface area contributed by atoms with Crippen molar-refractivity contribution in [3.63, 3.8) is 0 Å². The van der Waals surface area contributed by atoms with Crippen molar-refractivity contribution in [2.75, 3.05) is 6.54 Å². The van der Waals surface area contributed by atoms with E-state index in [1.54, 1.807) is 12.1 Å². The monoisotopic (exact) mass is 434 g/mol. The van der Waals surface area contributed by atoms with E-state index in [0.717, 1.165) is 20.6 Å². The number of hydrogen-bond acceptors (Lipinski definition) is 5. The highest BCUT2D eigenvalue weighted by molar-refractivity contribution is 7.99. The fourth-order valence-electron chi connectivity index (χ4n) is 3.43. The van der Waals surface area contributed by atoms with Crippen LogP contribution in [0.1, 0.15) is 10.4 Å². The van der Waals surface area contributed by atoms with Gasteiger partial charge in [-0.3, -0.25) is 14.4 Å². The van der Waals surface area contributed by atoms with Gasteiger partial charge >= 0.3 is 5.97 Å². The topological polar surface area (TPSA) is 109 Å². The first-order valence-electron chi connectivity index (χ1n) is 9.38. The molecule has 0 aliphatic heterocycles. The van der Waals surface area contributed by atoms with Crippen molar-refractivity contribution in [3.8, 4) is 5.75 Å². The Labute approximate surface area is 180 Å². The summed E-state index contributed by atoms with van der Waals surface area (Å²) < 4.78 is 1.26. The quantitative estimate of drug-likeness (QED) is 0.444. The van der Waals surface area contributed by atoms with Crippen LogP contribution < -0.4 is 10.9 Å². The molecule has 0 bridgehead atoms. The van der Waals surface area contributed by atoms with Crippen molar-refractivity contribution in [1.29, 1.82) is 0 Å². The lowest BCUT2D eigenvalue weighted by molar-refractivity contribution is -0.135. The summed E-state index contributed by atoms with van der Waals surface area (Å²) in [6.07, 6.45) is 0. The second-order valence-corrected chi connectivity index (χ2v) is 8.04. The molecule has 0 fully saturated rings. The number of pyridine rings is 1. The standard InChI is InChI=1S/C23H18N2O5S/c1-25-17-10-9-14(31-18-8-4-6-13-5-2-3-7-15(13)18)11-16(17)21(28)20(23(25)30)22(29)24-12-19(26)27/h2-11,28H,12H2,1H3,(H,24,29)(H,26,27). The highest BCUT2D eigenvalue weighted by Gasteiger charge is 2.22. The number of amides is 1. The zero-order chi connectivity index (χ0) is 22.1. The van der Waals surface area contributed by atoms with E-state index < -0.39 is 35.3 Å². The molecule has 7 nitrogen and oxygen atoms in total. The number of fused-ring (bicyclic) bond motifs is 2. The lowest BCUT2D eigenvalue weighted by atomic mass is 10.1. The number of aryl methyl sites for hydroxylation is 1. The fraction of sp³-hybridized carbons (Fsp3) is 0.0870. The van der Waals surface area contributed by atoms with E-state index in [-0.39, 0.29) is 0 Å². The van der Waals surface area contributed by atoms with Crippen molar-refractivity contribution < 1.29 is 19.8 Å². The van der Waals surface area contributed by atoms with Crippen LogP contribution in [-0.4, -0.2) is 33.2 Å². The summed E-state index contributed by atoms with van der Waals surface area (Å²) in [6, 6.07) is 19.3. The number of nitrogens with one attached hydrogen (secondary N) is 1. The maximum Gasteiger partial charge on any atom is 0.322 e. The van der Waals surface area contributed by atoms with Gasteiger partial charge in [0.1, 0.15) is 17.9 Å². The minimum atomic E-state index is -1.25. The third-order valence-electron chi connectivity index (χ3n) is 4.94. The van der Waals surface area contributed by atoms with Gasteiger partial charge in [0.05, 0.1) is 5.52 Å². The molecule has 1 aromatic heterocycles. The molecule has 1 heterocycles. The summed E-state index contributed by atoms with van der Waals surface area (Å²) in [7, 11) is 1.50. The molecule has 3 N–H and O–H groups in total. The number of carboxylic acids is 1. The molecular formula is C23H18N2O5S. The summed E-state index contributed by atoms with van der Waals surface area (Å²) in [5, 5.41) is 24.1. The number of aliphatic carboxylic acids is 1. The largest absolute Gasteiger partial charge is 0.506 e. The van der Waals surface area contributed by atoms with Crippen LogP contribution in [-0.2, 0) is 11.8 Å². The van der Waals surface area contributed by atoms with E-state index in [2.05, 4.69) is 5.32 Å². The minimum Gasteiger partial charge on any atom is -0.506 e. The average Bonchev–Trinajstić information content (AvgIpc) is 2.76. The fourth-order valence-corrected chi connectivity index (χ4v) is 4.44. The van der Waals surface area contributed by atoms with Crippen molar-refractivity contribution in [1.82, 2.24) is 9.88 Å². The van der Waals surface area contributed by atoms with Gasteiger partial charge in [-0.2, -0.15) is 0 Å². The number of carbonyl (C=O) groups is 2. The molecule has 31 heavy (non-hydrogen) atoms. The molecule has 0 spiro atoms. The van der Waals surface area contributed by atoms with E-state index in [1.165, 1.54) is 23.4 Å². The second-order valence-electron chi connectivity index (χ2n) is 6.92. The number of carbonyl (C=O) groups excluding carboxylic acids is 1. The zero-order valence-corrected chi connectivity index (χ0v) is 17.3. The first-order valence-corrected chi connectivity index (χ1v) is 10.2. The number of nitrogens with zero attached hydrogens (tertiary/aromatic N) is 1. The summed E-state index contributed by atoms with van der Waals surface area (Å²) >= 11 is 1.50. The second kappa shape index (κ2) is 8.16. The van der Waals surface area contributed by atoms with Gasteiger partial charge in [0.25, 0.3) is 11.5 Å². The summed E-state index contributed by atoms with van der Waals surface area (Å²) in [6.45, 7) is -0.656. The number of carboxylic acid groups (broad SMARTS) is 1. The molecular weight excluding hydrogens is 416 g/mol. The molecule has 156 valence electrons. The average molecular weight is 434 g/mol. The Hall–Kier alpha value is -3.78. The van der Waals surface area contributed by atoms with Crippen LogP contribution >= 0.6 is 11.8 Å². The van der Waals surface area contributed by atoms with Gasteiger partial charge < -0.3 is 20.1 Å². The molecule has 0 radical (unpaired) electrons. The maximum absolute atomic E-state index is 12.6. The smallest absolute Gasteiger partial charge is 0.322 e. The molecule has 0 aliphatic rings. The molecule has 1 amide bonds. The molecule has 0 saturated heterocycles. The Morgan fingerprint density at radius 2 is 1.77 bits per heavy atom. The predicted octanol–water partition coefficient (Wildman–Crippen LogP) is 3.36. The Kier molecular flexibility index (Phi) is 5.39. The van der Waals surface area contributed by atoms with E-state index in [9.17, 15) is 19.5 Å². The van der Waals surface area contributed by atoms with Crippen molar-refractivity contribution in [3.05, 3.63) is 76.6 Å². The Balaban J connectivity index is 1.80. The number of hydrogen-bond donors (Lipinski definition) is 3. The molecule has 0 saturated carbocycles. The van der Waals surface area contributed by atoms with Gasteiger partial charge in [0.15, 0.2) is 0 Å². The number of benzene rings is 3. The molecule has 0 aliphatic carbocycles. The summed E-state index contributed by atoms with van der Waals surface area (Å²) in [5.74, 6) is -2.66. The normalized spacial score (nSPS) is 11.0. The van der Waals surface area contributed by atoms with Crippen LogP contribution in [0.3, 0.4) is 0 Å². The van der Waals surface area contributed by atoms with Crippen LogP contribution in [0.5, 0.6) is 5.75 Å². The highest BCUT2D eigenvalue weighted by atomic mass is 32.2. The molecule has 0 atom stereocenters. The highest BCUT2D eigenvalue weighted by Crippen LogP contribution is 2.36. The van der Waals surface area contributed by atoms with E-state index >= 15 is 0 Å². The molecule has 3 aromatic carbocycles. The van der Waals surface area contributed by atoms with E-state index in [4.69, 9.17) is 5.11 Å². The first kappa shape index (κ1) is 20.5. The Morgan fingerprint density at radius 3 is 2.55 bits per heavy atom. The van der Waals surface area contributed by atoms with Crippen molar-refractivity contribution in [2.24, 2.45) is 7.05 Å². The van der Waals surface area contributed by atoms with Crippen LogP contribution in [0, 0.1) is 0 Å². The number of rotatable bonds is 5. The third kappa shape index (κ3) is 3.85. The molecule has 8 heteroatoms. The van der Waals surface area contributed by atoms with Gasteiger partial charge in [-0.25, -0.2) is 0 Å². The zero-order valence-electron chi connectivity index (χ0n) is 16.5. The van der Waals surface area contributed by atoms with Gasteiger partial charge in [0.2, 0.25) is 0 Å². The summed E-state index contributed by atoms with van der Waals surface area (Å²) in [5.41, 5.74) is -0.731. The van der Waals surface area contributed by atoms with Crippen LogP contribution in [0.2, 0.25) is 0 Å². The number of aromatic hydroxyl groups is 1. The van der Waals surface area contributed by atoms with Gasteiger partial charge in [0, 0.05) is 22.2 Å². The SMILES string of the molecule is Cn1c(=O)c(C(=O)NCC(=O)O)c(O)c2cc(Sc3cccc4ccccc34)ccc21. The summed E-state index contributed by atoms with van der Waals surface area (Å²) in [4.78, 5) is 37.5. The van der Waals surface area contributed by atoms with Crippen LogP contribution in [0.4, 0.5) is 0 Å². The van der Waals surface area contributed by atoms with E-state index in [1.807, 2.05) is 48.5 Å². The van der Waals surface area contributed by atoms with Crippen molar-refractivity contribution in [2.45, 2.75) is 9.79 Å². The Bertz CT molecular complexity index is 1410. The van der Waals surface area contributed by atoms with Gasteiger partial charge in [-0.15, -0.1) is 0 Å². The van der Waals surface area contributed by atoms with E-state index in [0.29, 0.717) is 10.9 Å². The van der Waals surface area contributed by atoms with Gasteiger partial charge in [-0.05, 0) is 35.0 Å². The van der Waals surface area contributed by atoms with Crippen molar-refractivity contribution >= 4 is 45.3 Å². The third-order valence-corrected chi connectivity index (χ3v) is 6.01. The maximum atomic E-state index is 12.6. The van der Waals surface area contributed by atoms with Crippen LogP contribution in [0.15, 0.2) is 75.2 Å². The molecule has 0 unspecified atom stereocenters.